The van der Waals surface area contributed by atoms with Crippen LogP contribution in [0.5, 0.6) is 0 Å². The largest absolute Gasteiger partial charge is 0.380 e. The number of hydrogen-bond acceptors (Lipinski definition) is 6. The Morgan fingerprint density at radius 1 is 0.388 bits per heavy atom. The Balaban J connectivity index is 0.000000149. The molecule has 9 aromatic rings. The summed E-state index contributed by atoms with van der Waals surface area (Å²) in [6.07, 6.45) is 14.2. The molecule has 0 bridgehead atoms. The number of nitrogens with zero attached hydrogens (tertiary/aromatic N) is 3. The molecule has 0 spiro atoms. The number of halogens is 2. The Hall–Kier alpha value is -6.59. The fourth-order valence-electron chi connectivity index (χ4n) is 8.49. The van der Waals surface area contributed by atoms with Crippen LogP contribution in [0, 0.1) is 13.8 Å². The van der Waals surface area contributed by atoms with Gasteiger partial charge in [0.05, 0.1) is 19.0 Å². The average Bonchev–Trinajstić information content (AvgIpc) is 4.20. The molecule has 3 aromatic heterocycles. The van der Waals surface area contributed by atoms with Gasteiger partial charge in [0.25, 0.3) is 0 Å². The highest BCUT2D eigenvalue weighted by atomic mass is 35.5. The molecule has 11 heteroatoms. The van der Waals surface area contributed by atoms with Gasteiger partial charge in [-0.15, -0.1) is 0 Å². The van der Waals surface area contributed by atoms with Gasteiger partial charge in [0.1, 0.15) is 16.8 Å². The predicted molar refractivity (Wildman–Crippen MR) is 268 cm³/mol. The molecule has 0 atom stereocenters. The van der Waals surface area contributed by atoms with Crippen LogP contribution >= 0.6 is 23.2 Å². The molecule has 0 aliphatic heterocycles. The predicted octanol–water partition coefficient (Wildman–Crippen LogP) is 11.8. The van der Waals surface area contributed by atoms with Crippen molar-refractivity contribution >= 4 is 23.2 Å². The Bertz CT molecular complexity index is 2690. The van der Waals surface area contributed by atoms with Crippen LogP contribution in [-0.4, -0.2) is 45.2 Å². The van der Waals surface area contributed by atoms with Crippen molar-refractivity contribution in [2.45, 2.75) is 69.2 Å². The number of aromatic nitrogens is 6. The topological polar surface area (TPSA) is 147 Å². The summed E-state index contributed by atoms with van der Waals surface area (Å²) >= 11 is 11.9. The summed E-state index contributed by atoms with van der Waals surface area (Å²) in [5.41, 5.74) is 7.46. The zero-order valence-electron chi connectivity index (χ0n) is 37.7. The van der Waals surface area contributed by atoms with Crippen molar-refractivity contribution in [1.82, 2.24) is 29.9 Å². The highest BCUT2D eigenvalue weighted by Gasteiger charge is 2.35. The zero-order valence-corrected chi connectivity index (χ0v) is 39.2. The lowest BCUT2D eigenvalue weighted by Crippen LogP contribution is -2.30. The van der Waals surface area contributed by atoms with E-state index in [0.29, 0.717) is 35.7 Å². The average molecular weight is 932 g/mol. The molecular weight excluding hydrogens is 876 g/mol. The number of aliphatic hydroxyl groups is 3. The molecular formula is C56H56Cl2N6O3. The first kappa shape index (κ1) is 48.3. The molecule has 0 amide bonds. The lowest BCUT2D eigenvalue weighted by Gasteiger charge is -2.32. The van der Waals surface area contributed by atoms with E-state index in [2.05, 4.69) is 55.9 Å². The molecule has 6 aromatic carbocycles. The summed E-state index contributed by atoms with van der Waals surface area (Å²) in [5, 5.41) is 35.7. The van der Waals surface area contributed by atoms with Gasteiger partial charge in [0, 0.05) is 45.7 Å². The second kappa shape index (κ2) is 22.7. The quantitative estimate of drug-likeness (QED) is 0.0603. The van der Waals surface area contributed by atoms with Gasteiger partial charge in [-0.2, -0.15) is 0 Å². The van der Waals surface area contributed by atoms with Crippen LogP contribution in [0.2, 0.25) is 10.0 Å². The van der Waals surface area contributed by atoms with Crippen LogP contribution < -0.4 is 0 Å². The number of rotatable bonds is 15. The molecule has 342 valence electrons. The van der Waals surface area contributed by atoms with Gasteiger partial charge in [-0.25, -0.2) is 15.0 Å². The minimum absolute atomic E-state index is 0.512. The first-order valence-electron chi connectivity index (χ1n) is 22.3. The van der Waals surface area contributed by atoms with Crippen LogP contribution in [0.25, 0.3) is 0 Å². The Labute approximate surface area is 402 Å². The smallest absolute Gasteiger partial charge is 0.115 e. The first-order chi connectivity index (χ1) is 32.5. The second-order valence-electron chi connectivity index (χ2n) is 16.7. The van der Waals surface area contributed by atoms with E-state index >= 15 is 0 Å². The van der Waals surface area contributed by atoms with E-state index in [4.69, 9.17) is 23.2 Å². The molecule has 6 N–H and O–H groups in total. The number of hydrogen-bond donors (Lipinski definition) is 6. The van der Waals surface area contributed by atoms with Crippen molar-refractivity contribution in [3.05, 3.63) is 267 Å². The second-order valence-corrected chi connectivity index (χ2v) is 17.6. The Kier molecular flexibility index (Phi) is 16.4. The lowest BCUT2D eigenvalue weighted by atomic mass is 9.78. The molecule has 67 heavy (non-hydrogen) atoms. The monoisotopic (exact) mass is 930 g/mol. The maximum atomic E-state index is 11.7. The summed E-state index contributed by atoms with van der Waals surface area (Å²) < 4.78 is 0. The van der Waals surface area contributed by atoms with Crippen molar-refractivity contribution in [1.29, 1.82) is 0 Å². The fourth-order valence-corrected chi connectivity index (χ4v) is 8.74. The zero-order chi connectivity index (χ0) is 47.1. The van der Waals surface area contributed by atoms with Crippen molar-refractivity contribution in [3.63, 3.8) is 0 Å². The molecule has 3 heterocycles. The van der Waals surface area contributed by atoms with Gasteiger partial charge in [0.15, 0.2) is 0 Å². The molecule has 0 fully saturated rings. The van der Waals surface area contributed by atoms with Crippen molar-refractivity contribution in [2.75, 3.05) is 0 Å². The number of nitrogens with one attached hydrogen (secondary N) is 3. The molecule has 9 nitrogen and oxygen atoms in total. The summed E-state index contributed by atoms with van der Waals surface area (Å²) in [4.78, 5) is 21.4. The van der Waals surface area contributed by atoms with E-state index in [0.717, 1.165) is 74.4 Å². The van der Waals surface area contributed by atoms with Crippen LogP contribution in [0.4, 0.5) is 0 Å². The van der Waals surface area contributed by atoms with Gasteiger partial charge in [-0.05, 0) is 121 Å². The third-order valence-electron chi connectivity index (χ3n) is 12.3. The van der Waals surface area contributed by atoms with E-state index in [-0.39, 0.29) is 0 Å². The van der Waals surface area contributed by atoms with E-state index < -0.39 is 16.8 Å². The minimum atomic E-state index is -1.12. The third-order valence-corrected chi connectivity index (χ3v) is 12.8. The van der Waals surface area contributed by atoms with Gasteiger partial charge in [0.2, 0.25) is 0 Å². The number of benzene rings is 6. The number of H-pyrrole nitrogens is 3. The SMILES string of the molecule is Cc1ccccc1C(O)(CCc1cnc[nH]1)c1ccccc1C.OC(CCc1cnc[nH]1)(c1ccc(Cl)cc1)c1ccc(Cl)cc1.OC(CCc1cnc[nH]1)(c1ccccc1)c1ccccc1. The van der Waals surface area contributed by atoms with Crippen molar-refractivity contribution < 1.29 is 15.3 Å². The van der Waals surface area contributed by atoms with Gasteiger partial charge >= 0.3 is 0 Å². The summed E-state index contributed by atoms with van der Waals surface area (Å²) in [5.74, 6) is 0. The van der Waals surface area contributed by atoms with E-state index in [1.165, 1.54) is 0 Å². The van der Waals surface area contributed by atoms with Crippen LogP contribution in [-0.2, 0) is 36.1 Å². The number of aromatic amines is 3. The van der Waals surface area contributed by atoms with Gasteiger partial charge in [-0.3, -0.25) is 0 Å². The van der Waals surface area contributed by atoms with E-state index in [1.807, 2.05) is 128 Å². The molecule has 0 unspecified atom stereocenters. The maximum Gasteiger partial charge on any atom is 0.115 e. The highest BCUT2D eigenvalue weighted by molar-refractivity contribution is 6.30. The van der Waals surface area contributed by atoms with Gasteiger partial charge < -0.3 is 30.3 Å². The molecule has 0 aliphatic rings. The third kappa shape index (κ3) is 12.3. The summed E-state index contributed by atoms with van der Waals surface area (Å²) in [6, 6.07) is 50.3. The molecule has 0 saturated heterocycles. The normalized spacial score (nSPS) is 11.6. The summed E-state index contributed by atoms with van der Waals surface area (Å²) in [6.45, 7) is 4.10. The number of imidazole rings is 3. The summed E-state index contributed by atoms with van der Waals surface area (Å²) in [7, 11) is 0. The maximum absolute atomic E-state index is 11.7. The van der Waals surface area contributed by atoms with Crippen LogP contribution in [0.1, 0.15) is 80.9 Å². The standard InChI is InChI=1S/C20H22N2O.C18H16Cl2N2O.C18H18N2O/c1-15-7-3-5-9-18(15)20(23,12-11-17-13-21-14-22-17)19-10-6-4-8-16(19)2;19-15-5-1-13(2-6-15)18(23,10-9-17-11-21-12-22-17)14-3-7-16(20)8-4-14;21-18(15-7-3-1-4-8-15,16-9-5-2-6-10-16)12-11-17-13-19-14-20-17/h3-10,13-14,23H,11-12H2,1-2H3,(H,21,22);1-8,11-12,23H,9-10H2,(H,21,22);1-10,13-14,21H,11-12H2,(H,19,20). The number of aryl methyl sites for hydroxylation is 5. The van der Waals surface area contributed by atoms with E-state index in [1.54, 1.807) is 55.6 Å². The Morgan fingerprint density at radius 3 is 1.00 bits per heavy atom. The van der Waals surface area contributed by atoms with E-state index in [9.17, 15) is 15.3 Å². The van der Waals surface area contributed by atoms with Crippen LogP contribution in [0.15, 0.2) is 195 Å². The Morgan fingerprint density at radius 2 is 0.687 bits per heavy atom. The van der Waals surface area contributed by atoms with Crippen molar-refractivity contribution in [2.24, 2.45) is 0 Å². The first-order valence-corrected chi connectivity index (χ1v) is 23.1. The minimum Gasteiger partial charge on any atom is -0.380 e. The highest BCUT2D eigenvalue weighted by Crippen LogP contribution is 2.39. The molecule has 0 radical (unpaired) electrons. The van der Waals surface area contributed by atoms with Crippen LogP contribution in [0.3, 0.4) is 0 Å². The lowest BCUT2D eigenvalue weighted by molar-refractivity contribution is 0.0696. The molecule has 0 aliphatic carbocycles. The van der Waals surface area contributed by atoms with Gasteiger partial charge in [-0.1, -0.05) is 157 Å². The van der Waals surface area contributed by atoms with Crippen molar-refractivity contribution in [3.8, 4) is 0 Å². The fraction of sp³-hybridized carbons (Fsp3) is 0.196. The molecule has 9 rings (SSSR count). The molecule has 0 saturated carbocycles.